The van der Waals surface area contributed by atoms with Crippen molar-refractivity contribution >= 4 is 23.5 Å². The van der Waals surface area contributed by atoms with Gasteiger partial charge in [-0.1, -0.05) is 48.0 Å². The first-order valence-electron chi connectivity index (χ1n) is 9.80. The van der Waals surface area contributed by atoms with Crippen LogP contribution in [-0.4, -0.2) is 22.9 Å². The number of ether oxygens (including phenoxy) is 1. The average Bonchev–Trinajstić information content (AvgIpc) is 2.66. The third-order valence-corrected chi connectivity index (χ3v) is 5.50. The topological polar surface area (TPSA) is 46.6 Å². The number of halogens is 1. The van der Waals surface area contributed by atoms with E-state index < -0.39 is 0 Å². The lowest BCUT2D eigenvalue weighted by atomic mass is 9.83. The minimum absolute atomic E-state index is 0.00759. The Morgan fingerprint density at radius 3 is 2.41 bits per heavy atom. The summed E-state index contributed by atoms with van der Waals surface area (Å²) in [4.78, 5) is 27.8. The quantitative estimate of drug-likeness (QED) is 0.619. The van der Waals surface area contributed by atoms with Crippen LogP contribution in [0.15, 0.2) is 59.8 Å². The highest BCUT2D eigenvalue weighted by molar-refractivity contribution is 6.30. The molecule has 1 atom stereocenters. The SMILES string of the molecule is CC1=C(C(=O)OC(C)C)[C@H](c2ccc(Cl)cc2)CC(=O)N1Cc1ccccc1C. The highest BCUT2D eigenvalue weighted by atomic mass is 35.5. The summed E-state index contributed by atoms with van der Waals surface area (Å²) in [5, 5.41) is 0.615. The molecule has 0 saturated carbocycles. The third kappa shape index (κ3) is 4.70. The maximum atomic E-state index is 13.1. The number of hydrogen-bond acceptors (Lipinski definition) is 3. The molecule has 1 aliphatic heterocycles. The molecule has 2 aromatic carbocycles. The zero-order valence-corrected chi connectivity index (χ0v) is 18.0. The molecule has 1 aliphatic rings. The van der Waals surface area contributed by atoms with E-state index in [0.29, 0.717) is 22.8 Å². The van der Waals surface area contributed by atoms with Crippen molar-refractivity contribution in [3.05, 3.63) is 81.5 Å². The fourth-order valence-electron chi connectivity index (χ4n) is 3.68. The van der Waals surface area contributed by atoms with Gasteiger partial charge in [-0.2, -0.15) is 0 Å². The molecule has 4 nitrogen and oxygen atoms in total. The molecule has 1 amide bonds. The minimum Gasteiger partial charge on any atom is -0.460 e. The molecule has 29 heavy (non-hydrogen) atoms. The van der Waals surface area contributed by atoms with E-state index in [9.17, 15) is 9.59 Å². The van der Waals surface area contributed by atoms with E-state index in [2.05, 4.69) is 0 Å². The Morgan fingerprint density at radius 2 is 1.79 bits per heavy atom. The number of hydrogen-bond donors (Lipinski definition) is 0. The number of carbonyl (C=O) groups excluding carboxylic acids is 2. The highest BCUT2D eigenvalue weighted by Crippen LogP contribution is 2.38. The Morgan fingerprint density at radius 1 is 1.14 bits per heavy atom. The van der Waals surface area contributed by atoms with Gasteiger partial charge in [-0.25, -0.2) is 4.79 Å². The molecular formula is C24H26ClNO3. The summed E-state index contributed by atoms with van der Waals surface area (Å²) in [6.07, 6.45) is -0.0241. The van der Waals surface area contributed by atoms with Gasteiger partial charge in [-0.05, 0) is 56.5 Å². The summed E-state index contributed by atoms with van der Waals surface area (Å²) >= 11 is 6.03. The number of allylic oxidation sites excluding steroid dienone is 1. The second-order valence-electron chi connectivity index (χ2n) is 7.67. The minimum atomic E-state index is -0.375. The van der Waals surface area contributed by atoms with Crippen LogP contribution in [0.4, 0.5) is 0 Å². The lowest BCUT2D eigenvalue weighted by Gasteiger charge is -2.35. The van der Waals surface area contributed by atoms with Gasteiger partial charge in [0.2, 0.25) is 5.91 Å². The van der Waals surface area contributed by atoms with Gasteiger partial charge >= 0.3 is 5.97 Å². The second-order valence-corrected chi connectivity index (χ2v) is 8.10. The van der Waals surface area contributed by atoms with Gasteiger partial charge in [0.05, 0.1) is 18.2 Å². The van der Waals surface area contributed by atoms with Crippen LogP contribution in [0, 0.1) is 6.92 Å². The lowest BCUT2D eigenvalue weighted by molar-refractivity contribution is -0.143. The van der Waals surface area contributed by atoms with E-state index in [1.807, 2.05) is 64.1 Å². The van der Waals surface area contributed by atoms with Crippen LogP contribution in [0.2, 0.25) is 5.02 Å². The Balaban J connectivity index is 2.04. The van der Waals surface area contributed by atoms with E-state index in [4.69, 9.17) is 16.3 Å². The van der Waals surface area contributed by atoms with E-state index >= 15 is 0 Å². The normalized spacial score (nSPS) is 17.1. The molecule has 0 saturated heterocycles. The van der Waals surface area contributed by atoms with Crippen LogP contribution >= 0.6 is 11.6 Å². The maximum Gasteiger partial charge on any atom is 0.336 e. The van der Waals surface area contributed by atoms with Crippen LogP contribution in [0.5, 0.6) is 0 Å². The van der Waals surface area contributed by atoms with Gasteiger partial charge in [-0.15, -0.1) is 0 Å². The standard InChI is InChI=1S/C24H26ClNO3/c1-15(2)29-24(28)23-17(4)26(14-19-8-6-5-7-16(19)3)22(27)13-21(23)18-9-11-20(25)12-10-18/h5-12,15,21H,13-14H2,1-4H3/t21-/m0/s1. The molecule has 0 bridgehead atoms. The van der Waals surface area contributed by atoms with Crippen molar-refractivity contribution in [2.24, 2.45) is 0 Å². The first-order valence-corrected chi connectivity index (χ1v) is 10.2. The molecule has 0 fully saturated rings. The van der Waals surface area contributed by atoms with E-state index in [0.717, 1.165) is 16.7 Å². The summed E-state index contributed by atoms with van der Waals surface area (Å²) < 4.78 is 5.53. The van der Waals surface area contributed by atoms with E-state index in [1.54, 1.807) is 17.0 Å². The molecular weight excluding hydrogens is 386 g/mol. The molecule has 0 N–H and O–H groups in total. The van der Waals surface area contributed by atoms with Gasteiger partial charge in [-0.3, -0.25) is 4.79 Å². The van der Waals surface area contributed by atoms with Crippen molar-refractivity contribution in [1.82, 2.24) is 4.90 Å². The smallest absolute Gasteiger partial charge is 0.336 e. The van der Waals surface area contributed by atoms with Crippen LogP contribution in [0.25, 0.3) is 0 Å². The van der Waals surface area contributed by atoms with Crippen molar-refractivity contribution in [1.29, 1.82) is 0 Å². The number of benzene rings is 2. The first-order chi connectivity index (χ1) is 13.8. The number of aryl methyl sites for hydroxylation is 1. The summed E-state index contributed by atoms with van der Waals surface area (Å²) in [6.45, 7) is 7.93. The lowest BCUT2D eigenvalue weighted by Crippen LogP contribution is -2.38. The monoisotopic (exact) mass is 411 g/mol. The zero-order chi connectivity index (χ0) is 21.1. The highest BCUT2D eigenvalue weighted by Gasteiger charge is 2.37. The summed E-state index contributed by atoms with van der Waals surface area (Å²) in [7, 11) is 0. The Labute approximate surface area is 177 Å². The third-order valence-electron chi connectivity index (χ3n) is 5.25. The molecule has 0 aromatic heterocycles. The van der Waals surface area contributed by atoms with Crippen molar-refractivity contribution in [3.63, 3.8) is 0 Å². The number of amides is 1. The number of nitrogens with zero attached hydrogens (tertiary/aromatic N) is 1. The molecule has 5 heteroatoms. The largest absolute Gasteiger partial charge is 0.460 e. The van der Waals surface area contributed by atoms with E-state index in [-0.39, 0.29) is 30.3 Å². The van der Waals surface area contributed by atoms with Gasteiger partial charge in [0.1, 0.15) is 0 Å². The fraction of sp³-hybridized carbons (Fsp3) is 0.333. The number of esters is 1. The van der Waals surface area contributed by atoms with Gasteiger partial charge in [0, 0.05) is 23.1 Å². The van der Waals surface area contributed by atoms with Crippen LogP contribution in [-0.2, 0) is 20.9 Å². The summed E-state index contributed by atoms with van der Waals surface area (Å²) in [6, 6.07) is 15.3. The number of rotatable bonds is 5. The molecule has 0 unspecified atom stereocenters. The van der Waals surface area contributed by atoms with Gasteiger partial charge in [0.25, 0.3) is 0 Å². The summed E-state index contributed by atoms with van der Waals surface area (Å²) in [5.41, 5.74) is 4.23. The van der Waals surface area contributed by atoms with Crippen molar-refractivity contribution in [2.75, 3.05) is 0 Å². The Kier molecular flexibility index (Phi) is 6.43. The Hall–Kier alpha value is -2.59. The molecule has 0 spiro atoms. The first kappa shape index (κ1) is 21.1. The molecule has 0 radical (unpaired) electrons. The molecule has 3 rings (SSSR count). The van der Waals surface area contributed by atoms with Crippen LogP contribution < -0.4 is 0 Å². The van der Waals surface area contributed by atoms with E-state index in [1.165, 1.54) is 0 Å². The van der Waals surface area contributed by atoms with Gasteiger partial charge < -0.3 is 9.64 Å². The molecule has 152 valence electrons. The zero-order valence-electron chi connectivity index (χ0n) is 17.2. The maximum absolute atomic E-state index is 13.1. The van der Waals surface area contributed by atoms with Crippen molar-refractivity contribution < 1.29 is 14.3 Å². The molecule has 1 heterocycles. The van der Waals surface area contributed by atoms with Crippen LogP contribution in [0.1, 0.15) is 49.8 Å². The van der Waals surface area contributed by atoms with Crippen molar-refractivity contribution in [2.45, 2.75) is 52.7 Å². The summed E-state index contributed by atoms with van der Waals surface area (Å²) in [5.74, 6) is -0.731. The molecule has 2 aromatic rings. The average molecular weight is 412 g/mol. The van der Waals surface area contributed by atoms with Gasteiger partial charge in [0.15, 0.2) is 0 Å². The fourth-order valence-corrected chi connectivity index (χ4v) is 3.81. The Bertz CT molecular complexity index is 947. The predicted octanol–water partition coefficient (Wildman–Crippen LogP) is 5.39. The van der Waals surface area contributed by atoms with Crippen LogP contribution in [0.3, 0.4) is 0 Å². The second kappa shape index (κ2) is 8.83. The van der Waals surface area contributed by atoms with Crippen molar-refractivity contribution in [3.8, 4) is 0 Å². The predicted molar refractivity (Wildman–Crippen MR) is 114 cm³/mol. The molecule has 0 aliphatic carbocycles. The number of carbonyl (C=O) groups is 2.